The molecule has 26 heavy (non-hydrogen) atoms. The van der Waals surface area contributed by atoms with Crippen LogP contribution in [0.25, 0.3) is 0 Å². The molecule has 0 aromatic carbocycles. The lowest BCUT2D eigenvalue weighted by Gasteiger charge is -2.42. The Morgan fingerprint density at radius 3 is 2.35 bits per heavy atom. The summed E-state index contributed by atoms with van der Waals surface area (Å²) < 4.78 is 8.16. The van der Waals surface area contributed by atoms with Crippen LogP contribution in [0.3, 0.4) is 0 Å². The van der Waals surface area contributed by atoms with Crippen molar-refractivity contribution in [2.45, 2.75) is 69.1 Å². The zero-order valence-corrected chi connectivity index (χ0v) is 16.3. The molecule has 1 aliphatic carbocycles. The van der Waals surface area contributed by atoms with Gasteiger partial charge < -0.3 is 15.0 Å². The van der Waals surface area contributed by atoms with Crippen LogP contribution in [0.15, 0.2) is 18.5 Å². The molecule has 0 bridgehead atoms. The molecule has 146 valence electrons. The van der Waals surface area contributed by atoms with Gasteiger partial charge in [-0.05, 0) is 57.7 Å². The van der Waals surface area contributed by atoms with Crippen molar-refractivity contribution in [3.8, 4) is 0 Å². The van der Waals surface area contributed by atoms with Crippen molar-refractivity contribution in [2.24, 2.45) is 0 Å². The third-order valence-corrected chi connectivity index (χ3v) is 6.19. The minimum Gasteiger partial charge on any atom is -0.375 e. The number of carbonyl (C=O) groups is 1. The van der Waals surface area contributed by atoms with E-state index in [4.69, 9.17) is 4.74 Å². The summed E-state index contributed by atoms with van der Waals surface area (Å²) >= 11 is 0. The van der Waals surface area contributed by atoms with Crippen LogP contribution < -0.4 is 5.32 Å². The number of aromatic nitrogens is 2. The number of ether oxygens (including phenoxy) is 1. The molecule has 1 aromatic rings. The molecule has 7 heteroatoms. The van der Waals surface area contributed by atoms with E-state index >= 15 is 0 Å². The molecule has 6 nitrogen and oxygen atoms in total. The van der Waals surface area contributed by atoms with E-state index in [2.05, 4.69) is 15.3 Å². The Morgan fingerprint density at radius 1 is 1.08 bits per heavy atom. The number of amides is 1. The van der Waals surface area contributed by atoms with Crippen LogP contribution in [0.4, 0.5) is 0 Å². The fraction of sp³-hybridized carbons (Fsp3) is 0.789. The van der Waals surface area contributed by atoms with Crippen molar-refractivity contribution in [1.29, 1.82) is 0 Å². The van der Waals surface area contributed by atoms with E-state index in [1.54, 1.807) is 6.20 Å². The van der Waals surface area contributed by atoms with Gasteiger partial charge in [0, 0.05) is 25.5 Å². The van der Waals surface area contributed by atoms with Gasteiger partial charge in [-0.1, -0.05) is 12.8 Å². The smallest absolute Gasteiger partial charge is 0.250 e. The molecule has 1 N–H and O–H groups in total. The molecule has 0 spiro atoms. The Morgan fingerprint density at radius 2 is 1.73 bits per heavy atom. The van der Waals surface area contributed by atoms with Gasteiger partial charge in [-0.25, -0.2) is 0 Å². The third kappa shape index (κ3) is 3.92. The van der Waals surface area contributed by atoms with Gasteiger partial charge in [-0.2, -0.15) is 5.10 Å². The SMILES string of the molecule is Cl.O=C(N1CCC(OC2CCCC2)CC1)C1(n2cccn2)CCNCC1. The van der Waals surface area contributed by atoms with Crippen LogP contribution in [-0.4, -0.2) is 59.0 Å². The molecule has 4 rings (SSSR count). The molecule has 1 amide bonds. The van der Waals surface area contributed by atoms with Gasteiger partial charge >= 0.3 is 0 Å². The quantitative estimate of drug-likeness (QED) is 0.868. The van der Waals surface area contributed by atoms with E-state index in [-0.39, 0.29) is 18.3 Å². The van der Waals surface area contributed by atoms with Gasteiger partial charge in [-0.3, -0.25) is 9.48 Å². The Hall–Kier alpha value is -1.11. The van der Waals surface area contributed by atoms with Crippen LogP contribution in [-0.2, 0) is 15.1 Å². The number of hydrogen-bond donors (Lipinski definition) is 1. The minimum absolute atomic E-state index is 0. The summed E-state index contributed by atoms with van der Waals surface area (Å²) in [6, 6.07) is 1.92. The predicted octanol–water partition coefficient (Wildman–Crippen LogP) is 2.33. The van der Waals surface area contributed by atoms with E-state index in [9.17, 15) is 4.79 Å². The number of carbonyl (C=O) groups excluding carboxylic acids is 1. The van der Waals surface area contributed by atoms with E-state index in [0.717, 1.165) is 51.9 Å². The maximum atomic E-state index is 13.4. The van der Waals surface area contributed by atoms with E-state index in [1.807, 2.05) is 16.9 Å². The highest BCUT2D eigenvalue weighted by molar-refractivity contribution is 5.85. The highest BCUT2D eigenvalue weighted by Crippen LogP contribution is 2.31. The number of rotatable bonds is 4. The maximum absolute atomic E-state index is 13.4. The molecular weight excluding hydrogens is 352 g/mol. The topological polar surface area (TPSA) is 59.4 Å². The first kappa shape index (κ1) is 19.6. The second-order valence-electron chi connectivity index (χ2n) is 7.77. The normalized spacial score (nSPS) is 24.4. The Balaban J connectivity index is 0.00000196. The Kier molecular flexibility index (Phi) is 6.59. The van der Waals surface area contributed by atoms with Gasteiger partial charge in [0.05, 0.1) is 12.2 Å². The second-order valence-corrected chi connectivity index (χ2v) is 7.77. The summed E-state index contributed by atoms with van der Waals surface area (Å²) in [7, 11) is 0. The summed E-state index contributed by atoms with van der Waals surface area (Å²) in [6.45, 7) is 3.36. The van der Waals surface area contributed by atoms with Crippen LogP contribution in [0, 0.1) is 0 Å². The van der Waals surface area contributed by atoms with Crippen LogP contribution >= 0.6 is 12.4 Å². The van der Waals surface area contributed by atoms with Crippen molar-refractivity contribution >= 4 is 18.3 Å². The molecule has 0 unspecified atom stereocenters. The van der Waals surface area contributed by atoms with Gasteiger partial charge in [-0.15, -0.1) is 12.4 Å². The zero-order valence-electron chi connectivity index (χ0n) is 15.4. The lowest BCUT2D eigenvalue weighted by Crippen LogP contribution is -2.57. The molecule has 1 aromatic heterocycles. The van der Waals surface area contributed by atoms with E-state index in [0.29, 0.717) is 12.2 Å². The van der Waals surface area contributed by atoms with Crippen molar-refractivity contribution in [1.82, 2.24) is 20.0 Å². The zero-order chi connectivity index (χ0) is 17.1. The van der Waals surface area contributed by atoms with Crippen molar-refractivity contribution in [2.75, 3.05) is 26.2 Å². The number of nitrogens with one attached hydrogen (secondary N) is 1. The van der Waals surface area contributed by atoms with Crippen molar-refractivity contribution < 1.29 is 9.53 Å². The first-order chi connectivity index (χ1) is 12.3. The highest BCUT2D eigenvalue weighted by atomic mass is 35.5. The molecule has 1 saturated carbocycles. The standard InChI is InChI=1S/C19H30N4O2.ClH/c24-18(19(8-11-20-12-9-19)23-13-3-10-21-23)22-14-6-17(7-15-22)25-16-4-1-2-5-16;/h3,10,13,16-17,20H,1-2,4-9,11-12,14-15H2;1H. The molecule has 3 fully saturated rings. The average molecular weight is 383 g/mol. The Labute approximate surface area is 162 Å². The highest BCUT2D eigenvalue weighted by Gasteiger charge is 2.45. The van der Waals surface area contributed by atoms with Gasteiger partial charge in [0.1, 0.15) is 5.54 Å². The third-order valence-electron chi connectivity index (χ3n) is 6.19. The monoisotopic (exact) mass is 382 g/mol. The van der Waals surface area contributed by atoms with Crippen molar-refractivity contribution in [3.63, 3.8) is 0 Å². The number of piperidine rings is 2. The molecule has 0 atom stereocenters. The van der Waals surface area contributed by atoms with E-state index in [1.165, 1.54) is 25.7 Å². The Bertz CT molecular complexity index is 560. The number of nitrogens with zero attached hydrogens (tertiary/aromatic N) is 3. The van der Waals surface area contributed by atoms with Crippen LogP contribution in [0.2, 0.25) is 0 Å². The molecule has 3 aliphatic rings. The summed E-state index contributed by atoms with van der Waals surface area (Å²) in [5.74, 6) is 0.247. The van der Waals surface area contributed by atoms with Gasteiger partial charge in [0.25, 0.3) is 5.91 Å². The van der Waals surface area contributed by atoms with Gasteiger partial charge in [0.2, 0.25) is 0 Å². The second kappa shape index (κ2) is 8.72. The number of likely N-dealkylation sites (tertiary alicyclic amines) is 1. The first-order valence-electron chi connectivity index (χ1n) is 9.94. The lowest BCUT2D eigenvalue weighted by molar-refractivity contribution is -0.146. The van der Waals surface area contributed by atoms with Crippen molar-refractivity contribution in [3.05, 3.63) is 18.5 Å². The molecule has 2 saturated heterocycles. The fourth-order valence-electron chi connectivity index (χ4n) is 4.69. The number of hydrogen-bond acceptors (Lipinski definition) is 4. The maximum Gasteiger partial charge on any atom is 0.250 e. The summed E-state index contributed by atoms with van der Waals surface area (Å²) in [5, 5.41) is 7.80. The predicted molar refractivity (Wildman–Crippen MR) is 102 cm³/mol. The van der Waals surface area contributed by atoms with E-state index < -0.39 is 5.54 Å². The summed E-state index contributed by atoms with van der Waals surface area (Å²) in [6.07, 6.45) is 13.1. The first-order valence-corrected chi connectivity index (χ1v) is 9.94. The lowest BCUT2D eigenvalue weighted by atomic mass is 9.86. The summed E-state index contributed by atoms with van der Waals surface area (Å²) in [4.78, 5) is 15.5. The summed E-state index contributed by atoms with van der Waals surface area (Å²) in [5.41, 5.74) is -0.506. The largest absolute Gasteiger partial charge is 0.375 e. The molecular formula is C19H31ClN4O2. The van der Waals surface area contributed by atoms with Crippen LogP contribution in [0.5, 0.6) is 0 Å². The average Bonchev–Trinajstić information content (AvgIpc) is 3.36. The fourth-order valence-corrected chi connectivity index (χ4v) is 4.69. The van der Waals surface area contributed by atoms with Gasteiger partial charge in [0.15, 0.2) is 0 Å². The molecule has 0 radical (unpaired) electrons. The van der Waals surface area contributed by atoms with Crippen LogP contribution in [0.1, 0.15) is 51.4 Å². The number of halogens is 1. The molecule has 2 aliphatic heterocycles. The minimum atomic E-state index is -0.506. The molecule has 3 heterocycles.